The van der Waals surface area contributed by atoms with E-state index in [2.05, 4.69) is 140 Å². The van der Waals surface area contributed by atoms with E-state index in [1.807, 2.05) is 107 Å². The van der Waals surface area contributed by atoms with Crippen LogP contribution >= 0.6 is 67.5 Å². The van der Waals surface area contributed by atoms with Gasteiger partial charge in [0.05, 0.1) is 88.4 Å². The summed E-state index contributed by atoms with van der Waals surface area (Å²) < 4.78 is 44.3. The molecule has 0 saturated carbocycles. The standard InChI is InChI=1S/C22H31N3O4.C20H25N5O2.C20H24N4O2.C16H28N4O3.C12H22N4O2.5H2S/c1-3-4-7-18(10-11-26)25-22-21(14-23-16(2)24-22)27-12-5-6-17-8-9-19-20(13-17)29-15-28-19;1-2-5-16(8-9-26)24-19-18(12-23-20(21)25-19)27-13-17-10-14-6-3-4-7-15(14)11-22-17;1-3-6-17(12-25)24-20-19(11-21-14(2)23-20)26-13-18-9-15-7-4-5-8-16(15)10-22-18;1-5-6-7-12(8-9-23-15(21)11(2)3)19-14-13(22-4)10-18-16(17)20-14;1-8(2)6-9(4-5-17)15-11-10(18-3)7-14-12(13)16-11;;;;;/h8-9,13-14,18,26H,3-7,10-12,15H2,1-2H3,(H,23,24,25);3-4,6-7,10-12,16,26H,2,5,8-9,13H2,1H3,(H3,21,23,24,25);4-5,7-11,17,25H,3,6,12-13H2,1-2H3,(H,21,23,24);10-12H,5-9H2,1-4H3,(H3,17,18,19,20);7-9,17H,4-6H2,1-3H3,(H3,13,14,15,16);5*1H2/t18-;16-;17-;12-;9-;;;;;/m00001...../s1. The molecular formula is C90H140N20O13S5. The number of esters is 1. The maximum Gasteiger partial charge on any atom is 0.308 e. The predicted molar refractivity (Wildman–Crippen MR) is 534 cm³/mol. The number of ether oxygens (including phenoxy) is 8. The van der Waals surface area contributed by atoms with Gasteiger partial charge in [-0.1, -0.05) is 149 Å². The summed E-state index contributed by atoms with van der Waals surface area (Å²) in [5.74, 6) is 9.55. The third kappa shape index (κ3) is 40.7. The second-order valence-corrected chi connectivity index (χ2v) is 30.3. The van der Waals surface area contributed by atoms with Crippen LogP contribution in [-0.4, -0.2) is 177 Å². The van der Waals surface area contributed by atoms with Crippen LogP contribution in [0.4, 0.5) is 46.9 Å². The lowest BCUT2D eigenvalue weighted by atomic mass is 10.0. The fraction of sp³-hybridized carbons (Fsp3) is 0.500. The number of aliphatic hydroxyl groups is 4. The highest BCUT2D eigenvalue weighted by Crippen LogP contribution is 2.34. The summed E-state index contributed by atoms with van der Waals surface area (Å²) in [6.45, 7) is 22.4. The monoisotopic (exact) mass is 1870 g/mol. The van der Waals surface area contributed by atoms with E-state index in [1.165, 1.54) is 11.8 Å². The van der Waals surface area contributed by atoms with Crippen molar-refractivity contribution in [2.24, 2.45) is 11.8 Å². The maximum atomic E-state index is 11.5. The Kier molecular flexibility index (Phi) is 56.8. The van der Waals surface area contributed by atoms with Crippen LogP contribution in [0.15, 0.2) is 122 Å². The number of aromatic nitrogens is 12. The number of aryl methyl sites for hydroxylation is 3. The fourth-order valence-electron chi connectivity index (χ4n) is 12.9. The topological polar surface area (TPSA) is 465 Å². The molecule has 15 N–H and O–H groups in total. The molecule has 0 radical (unpaired) electrons. The number of methoxy groups -OCH3 is 2. The van der Waals surface area contributed by atoms with Crippen LogP contribution in [0.25, 0.3) is 21.5 Å². The van der Waals surface area contributed by atoms with Crippen molar-refractivity contribution in [1.29, 1.82) is 0 Å². The van der Waals surface area contributed by atoms with E-state index in [-0.39, 0.29) is 154 Å². The zero-order valence-electron chi connectivity index (χ0n) is 76.0. The number of aliphatic hydroxyl groups excluding tert-OH is 4. The van der Waals surface area contributed by atoms with Gasteiger partial charge in [-0.05, 0) is 125 Å². The molecule has 128 heavy (non-hydrogen) atoms. The van der Waals surface area contributed by atoms with Crippen molar-refractivity contribution in [3.63, 3.8) is 0 Å². The van der Waals surface area contributed by atoms with Gasteiger partial charge >= 0.3 is 5.97 Å². The second-order valence-electron chi connectivity index (χ2n) is 30.3. The Morgan fingerprint density at radius 1 is 0.430 bits per heavy atom. The molecule has 0 aliphatic carbocycles. The lowest BCUT2D eigenvalue weighted by Crippen LogP contribution is -2.24. The Hall–Kier alpha value is -10.1. The minimum absolute atomic E-state index is 0. The van der Waals surface area contributed by atoms with Crippen molar-refractivity contribution in [3.8, 4) is 40.2 Å². The van der Waals surface area contributed by atoms with E-state index < -0.39 is 0 Å². The van der Waals surface area contributed by atoms with Crippen LogP contribution in [0.5, 0.6) is 40.2 Å². The summed E-state index contributed by atoms with van der Waals surface area (Å²) in [6, 6.07) is 26.7. The number of benzene rings is 3. The quantitative estimate of drug-likeness (QED) is 0.0124. The van der Waals surface area contributed by atoms with Gasteiger partial charge in [0.25, 0.3) is 0 Å². The Labute approximate surface area is 789 Å². The number of unbranched alkanes of at least 4 members (excludes halogenated alkanes) is 2. The highest BCUT2D eigenvalue weighted by molar-refractivity contribution is 7.60. The Morgan fingerprint density at radius 2 is 0.836 bits per heavy atom. The number of anilines is 8. The molecule has 0 fully saturated rings. The SMILES string of the molecule is CCCC[C@@H](CCO)Nc1nc(C)ncc1OCCCc1ccc2c(c1)OCO2.CCCC[C@@H](CCOC(=O)C(C)C)Nc1nc(N)ncc1OC.CCC[C@@H](CCO)Nc1nc(N)ncc1OCc1cc2ccccc2cn1.CCC[C@@H](CO)Nc1nc(C)ncc1OCc1cc2ccccc2cn1.COc1cnc(N)nc1N[C@H](CCO)CC(C)C.S.S.S.S.S. The number of carbonyl (C=O) groups is 1. The van der Waals surface area contributed by atoms with Gasteiger partial charge in [-0.25, -0.2) is 34.9 Å². The third-order valence-electron chi connectivity index (χ3n) is 19.3. The van der Waals surface area contributed by atoms with Crippen molar-refractivity contribution in [1.82, 2.24) is 59.8 Å². The summed E-state index contributed by atoms with van der Waals surface area (Å²) in [5, 5.41) is 58.3. The maximum absolute atomic E-state index is 11.5. The molecule has 708 valence electrons. The molecule has 1 aliphatic heterocycles. The molecule has 5 atom stereocenters. The molecule has 0 spiro atoms. The van der Waals surface area contributed by atoms with Crippen molar-refractivity contribution in [2.45, 2.75) is 222 Å². The van der Waals surface area contributed by atoms with Crippen molar-refractivity contribution in [3.05, 3.63) is 151 Å². The molecule has 7 aromatic heterocycles. The number of carbonyl (C=O) groups excluding carboxylic acids is 1. The number of nitrogens with two attached hydrogens (primary N) is 3. The van der Waals surface area contributed by atoms with Gasteiger partial charge in [0.15, 0.2) is 69.3 Å². The van der Waals surface area contributed by atoms with E-state index in [0.717, 1.165) is 128 Å². The van der Waals surface area contributed by atoms with E-state index >= 15 is 0 Å². The van der Waals surface area contributed by atoms with Gasteiger partial charge in [0.2, 0.25) is 24.6 Å². The molecule has 11 rings (SSSR count). The average Bonchev–Trinajstić information content (AvgIpc) is 1.57. The molecule has 38 heteroatoms. The summed E-state index contributed by atoms with van der Waals surface area (Å²) in [5.41, 5.74) is 19.8. The van der Waals surface area contributed by atoms with Crippen LogP contribution in [-0.2, 0) is 29.2 Å². The molecule has 8 heterocycles. The van der Waals surface area contributed by atoms with Gasteiger partial charge in [-0.15, -0.1) is 0 Å². The highest BCUT2D eigenvalue weighted by atomic mass is 32.1. The first-order chi connectivity index (χ1) is 59.6. The first-order valence-electron chi connectivity index (χ1n) is 42.6. The molecular weight excluding hydrogens is 1730 g/mol. The van der Waals surface area contributed by atoms with Gasteiger partial charge < -0.3 is 102 Å². The van der Waals surface area contributed by atoms with E-state index in [0.29, 0.717) is 134 Å². The molecule has 3 aromatic carbocycles. The molecule has 0 bridgehead atoms. The summed E-state index contributed by atoms with van der Waals surface area (Å²) in [6.07, 6.45) is 27.1. The molecule has 0 amide bonds. The van der Waals surface area contributed by atoms with Gasteiger partial charge in [0.1, 0.15) is 24.9 Å². The van der Waals surface area contributed by atoms with Gasteiger partial charge in [0, 0.05) is 73.6 Å². The van der Waals surface area contributed by atoms with Crippen LogP contribution < -0.4 is 76.9 Å². The zero-order valence-corrected chi connectivity index (χ0v) is 81.0. The van der Waals surface area contributed by atoms with E-state index in [4.69, 9.17) is 60.2 Å². The number of rotatable bonds is 46. The van der Waals surface area contributed by atoms with Crippen LogP contribution in [0.2, 0.25) is 0 Å². The van der Waals surface area contributed by atoms with E-state index in [9.17, 15) is 20.1 Å². The molecule has 1 aliphatic rings. The van der Waals surface area contributed by atoms with Gasteiger partial charge in [-0.3, -0.25) is 14.8 Å². The molecule has 0 unspecified atom stereocenters. The molecule has 0 saturated heterocycles. The lowest BCUT2D eigenvalue weighted by Gasteiger charge is -2.21. The van der Waals surface area contributed by atoms with Crippen molar-refractivity contribution in [2.75, 3.05) is 104 Å². The van der Waals surface area contributed by atoms with Crippen molar-refractivity contribution < 1.29 is 63.1 Å². The second kappa shape index (κ2) is 63.8. The highest BCUT2D eigenvalue weighted by Gasteiger charge is 2.22. The average molecular weight is 1870 g/mol. The van der Waals surface area contributed by atoms with Crippen molar-refractivity contribution >= 4 is 142 Å². The number of nitrogens with zero attached hydrogens (tertiary/aromatic N) is 12. The summed E-state index contributed by atoms with van der Waals surface area (Å²) >= 11 is 0. The Morgan fingerprint density at radius 3 is 1.29 bits per heavy atom. The largest absolute Gasteiger partial charge is 0.491 e. The third-order valence-corrected chi connectivity index (χ3v) is 19.3. The molecule has 10 aromatic rings. The number of nitrogen functional groups attached to an aromatic ring is 3. The van der Waals surface area contributed by atoms with Crippen LogP contribution in [0, 0.1) is 25.7 Å². The Balaban J connectivity index is 0.000000541. The zero-order chi connectivity index (χ0) is 88.7. The Bertz CT molecular complexity index is 4760. The summed E-state index contributed by atoms with van der Waals surface area (Å²) in [4.78, 5) is 62.3. The number of hydrogen-bond donors (Lipinski definition) is 12. The minimum atomic E-state index is -0.178. The predicted octanol–water partition coefficient (Wildman–Crippen LogP) is 15.0. The van der Waals surface area contributed by atoms with Crippen LogP contribution in [0.3, 0.4) is 0 Å². The van der Waals surface area contributed by atoms with Gasteiger partial charge in [-0.2, -0.15) is 82.4 Å². The van der Waals surface area contributed by atoms with E-state index in [1.54, 1.807) is 39.0 Å². The normalized spacial score (nSPS) is 12.0. The number of nitrogens with one attached hydrogen (secondary N) is 5. The number of pyridine rings is 2. The fourth-order valence-corrected chi connectivity index (χ4v) is 12.9. The first kappa shape index (κ1) is 114. The number of fused-ring (bicyclic) bond motifs is 3. The smallest absolute Gasteiger partial charge is 0.308 e. The minimum Gasteiger partial charge on any atom is -0.491 e. The molecule has 33 nitrogen and oxygen atoms in total. The van der Waals surface area contributed by atoms with Crippen LogP contribution in [0.1, 0.15) is 187 Å². The first-order valence-corrected chi connectivity index (χ1v) is 42.6. The number of hydrogen-bond acceptors (Lipinski definition) is 33. The summed E-state index contributed by atoms with van der Waals surface area (Å²) in [7, 11) is 3.12. The lowest BCUT2D eigenvalue weighted by molar-refractivity contribution is -0.147.